The highest BCUT2D eigenvalue weighted by atomic mass is 16.5. The molecule has 0 fully saturated rings. The van der Waals surface area contributed by atoms with Crippen LogP contribution in [0, 0.1) is 0 Å². The van der Waals surface area contributed by atoms with Gasteiger partial charge in [-0.05, 0) is 23.3 Å². The Bertz CT molecular complexity index is 670. The van der Waals surface area contributed by atoms with Crippen LogP contribution in [0.1, 0.15) is 23.6 Å². The molecule has 2 rings (SSSR count). The molecule has 0 saturated heterocycles. The number of aliphatic carboxylic acids is 1. The van der Waals surface area contributed by atoms with Gasteiger partial charge < -0.3 is 19.9 Å². The maximum Gasteiger partial charge on any atom is 0.407 e. The van der Waals surface area contributed by atoms with Crippen molar-refractivity contribution in [3.8, 4) is 5.75 Å². The van der Waals surface area contributed by atoms with Crippen LogP contribution in [0.2, 0.25) is 0 Å². The number of hydrogen-bond acceptors (Lipinski definition) is 4. The normalized spacial score (nSPS) is 11.4. The molecular weight excluding hydrogens is 310 g/mol. The van der Waals surface area contributed by atoms with E-state index in [1.165, 1.54) is 0 Å². The molecule has 1 amide bonds. The van der Waals surface area contributed by atoms with E-state index >= 15 is 0 Å². The van der Waals surface area contributed by atoms with E-state index in [9.17, 15) is 9.59 Å². The van der Waals surface area contributed by atoms with E-state index in [1.807, 2.05) is 30.3 Å². The van der Waals surface area contributed by atoms with Gasteiger partial charge in [0.1, 0.15) is 12.4 Å². The second-order valence-electron chi connectivity index (χ2n) is 5.13. The molecule has 0 saturated carbocycles. The standard InChI is InChI=1S/C18H19NO5/c1-23-15-9-7-14(8-10-15)16(11-17(20)21)19-18(22)24-12-13-5-3-2-4-6-13/h2-10,16H,11-12H2,1H3,(H,19,22)(H,20,21). The average molecular weight is 329 g/mol. The van der Waals surface area contributed by atoms with Gasteiger partial charge in [0.2, 0.25) is 0 Å². The predicted octanol–water partition coefficient (Wildman–Crippen LogP) is 3.14. The van der Waals surface area contributed by atoms with Gasteiger partial charge in [0.15, 0.2) is 0 Å². The summed E-state index contributed by atoms with van der Waals surface area (Å²) in [6, 6.07) is 15.4. The third kappa shape index (κ3) is 5.31. The van der Waals surface area contributed by atoms with Gasteiger partial charge in [0, 0.05) is 0 Å². The van der Waals surface area contributed by atoms with Crippen LogP contribution < -0.4 is 10.1 Å². The lowest BCUT2D eigenvalue weighted by Crippen LogP contribution is -2.30. The van der Waals surface area contributed by atoms with Crippen molar-refractivity contribution in [2.45, 2.75) is 19.1 Å². The highest BCUT2D eigenvalue weighted by molar-refractivity contribution is 5.72. The number of methoxy groups -OCH3 is 1. The molecule has 2 aromatic rings. The number of carbonyl (C=O) groups excluding carboxylic acids is 1. The lowest BCUT2D eigenvalue weighted by Gasteiger charge is -2.17. The largest absolute Gasteiger partial charge is 0.497 e. The van der Waals surface area contributed by atoms with E-state index in [-0.39, 0.29) is 13.0 Å². The lowest BCUT2D eigenvalue weighted by molar-refractivity contribution is -0.137. The fourth-order valence-corrected chi connectivity index (χ4v) is 2.17. The maximum absolute atomic E-state index is 12.0. The Labute approximate surface area is 140 Å². The van der Waals surface area contributed by atoms with Crippen molar-refractivity contribution in [2.75, 3.05) is 7.11 Å². The van der Waals surface area contributed by atoms with Crippen molar-refractivity contribution in [1.29, 1.82) is 0 Å². The Morgan fingerprint density at radius 2 is 1.75 bits per heavy atom. The number of carboxylic acid groups (broad SMARTS) is 1. The summed E-state index contributed by atoms with van der Waals surface area (Å²) in [5.74, 6) is -0.362. The summed E-state index contributed by atoms with van der Waals surface area (Å²) >= 11 is 0. The Morgan fingerprint density at radius 1 is 1.08 bits per heavy atom. The Hall–Kier alpha value is -3.02. The van der Waals surface area contributed by atoms with Crippen molar-refractivity contribution < 1.29 is 24.2 Å². The number of carboxylic acids is 1. The number of amides is 1. The molecule has 1 unspecified atom stereocenters. The van der Waals surface area contributed by atoms with Crippen molar-refractivity contribution >= 4 is 12.1 Å². The average Bonchev–Trinajstić information content (AvgIpc) is 2.60. The number of carbonyl (C=O) groups is 2. The third-order valence-corrected chi connectivity index (χ3v) is 3.40. The van der Waals surface area contributed by atoms with Crippen LogP contribution in [0.3, 0.4) is 0 Å². The van der Waals surface area contributed by atoms with E-state index < -0.39 is 18.1 Å². The predicted molar refractivity (Wildman–Crippen MR) is 87.8 cm³/mol. The molecule has 6 nitrogen and oxygen atoms in total. The molecule has 0 aliphatic rings. The zero-order valence-corrected chi connectivity index (χ0v) is 13.3. The number of ether oxygens (including phenoxy) is 2. The molecule has 24 heavy (non-hydrogen) atoms. The van der Waals surface area contributed by atoms with Crippen molar-refractivity contribution in [2.24, 2.45) is 0 Å². The number of rotatable bonds is 7. The van der Waals surface area contributed by atoms with E-state index in [0.717, 1.165) is 5.56 Å². The van der Waals surface area contributed by atoms with Gasteiger partial charge in [-0.1, -0.05) is 42.5 Å². The first-order valence-corrected chi connectivity index (χ1v) is 7.41. The first-order valence-electron chi connectivity index (χ1n) is 7.41. The smallest absolute Gasteiger partial charge is 0.407 e. The molecule has 2 aromatic carbocycles. The molecule has 0 radical (unpaired) electrons. The maximum atomic E-state index is 12.0. The molecule has 0 aliphatic carbocycles. The summed E-state index contributed by atoms with van der Waals surface area (Å²) in [6.45, 7) is 0.120. The summed E-state index contributed by atoms with van der Waals surface area (Å²) in [7, 11) is 1.54. The van der Waals surface area contributed by atoms with E-state index in [4.69, 9.17) is 14.6 Å². The molecule has 126 valence electrons. The quantitative estimate of drug-likeness (QED) is 0.815. The van der Waals surface area contributed by atoms with Crippen LogP contribution in [0.5, 0.6) is 5.75 Å². The molecule has 0 aromatic heterocycles. The van der Waals surface area contributed by atoms with Gasteiger partial charge in [-0.3, -0.25) is 4.79 Å². The summed E-state index contributed by atoms with van der Waals surface area (Å²) in [5.41, 5.74) is 1.52. The van der Waals surface area contributed by atoms with Crippen LogP contribution >= 0.6 is 0 Å². The van der Waals surface area contributed by atoms with Crippen molar-refractivity contribution in [3.05, 3.63) is 65.7 Å². The van der Waals surface area contributed by atoms with E-state index in [1.54, 1.807) is 31.4 Å². The molecule has 2 N–H and O–H groups in total. The van der Waals surface area contributed by atoms with Gasteiger partial charge in [-0.15, -0.1) is 0 Å². The summed E-state index contributed by atoms with van der Waals surface area (Å²) < 4.78 is 10.2. The molecule has 0 heterocycles. The fraction of sp³-hybridized carbons (Fsp3) is 0.222. The minimum Gasteiger partial charge on any atom is -0.497 e. The zero-order valence-electron chi connectivity index (χ0n) is 13.3. The van der Waals surface area contributed by atoms with Crippen LogP contribution in [-0.4, -0.2) is 24.3 Å². The molecular formula is C18H19NO5. The molecule has 1 atom stereocenters. The van der Waals surface area contributed by atoms with Crippen molar-refractivity contribution in [3.63, 3.8) is 0 Å². The summed E-state index contributed by atoms with van der Waals surface area (Å²) in [6.07, 6.45) is -0.909. The van der Waals surface area contributed by atoms with Crippen LogP contribution in [0.15, 0.2) is 54.6 Å². The highest BCUT2D eigenvalue weighted by Crippen LogP contribution is 2.20. The SMILES string of the molecule is COc1ccc(C(CC(=O)O)NC(=O)OCc2ccccc2)cc1. The van der Waals surface area contributed by atoms with Gasteiger partial charge in [-0.2, -0.15) is 0 Å². The highest BCUT2D eigenvalue weighted by Gasteiger charge is 2.19. The molecule has 0 spiro atoms. The molecule has 0 bridgehead atoms. The van der Waals surface area contributed by atoms with E-state index in [0.29, 0.717) is 11.3 Å². The Kier molecular flexibility index (Phi) is 6.19. The number of hydrogen-bond donors (Lipinski definition) is 2. The first-order chi connectivity index (χ1) is 11.6. The van der Waals surface area contributed by atoms with Gasteiger partial charge in [-0.25, -0.2) is 4.79 Å². The minimum atomic E-state index is -1.01. The van der Waals surface area contributed by atoms with Gasteiger partial charge >= 0.3 is 12.1 Å². The number of nitrogens with one attached hydrogen (secondary N) is 1. The lowest BCUT2D eigenvalue weighted by atomic mass is 10.0. The monoisotopic (exact) mass is 329 g/mol. The number of benzene rings is 2. The fourth-order valence-electron chi connectivity index (χ4n) is 2.17. The van der Waals surface area contributed by atoms with E-state index in [2.05, 4.69) is 5.32 Å². The van der Waals surface area contributed by atoms with Crippen LogP contribution in [0.4, 0.5) is 4.79 Å². The van der Waals surface area contributed by atoms with Crippen LogP contribution in [0.25, 0.3) is 0 Å². The third-order valence-electron chi connectivity index (χ3n) is 3.40. The summed E-state index contributed by atoms with van der Waals surface area (Å²) in [4.78, 5) is 23.0. The second kappa shape index (κ2) is 8.57. The van der Waals surface area contributed by atoms with Crippen molar-refractivity contribution in [1.82, 2.24) is 5.32 Å². The van der Waals surface area contributed by atoms with Gasteiger partial charge in [0.05, 0.1) is 19.6 Å². The van der Waals surface area contributed by atoms with Crippen LogP contribution in [-0.2, 0) is 16.1 Å². The summed E-state index contributed by atoms with van der Waals surface area (Å²) in [5, 5.41) is 11.6. The topological polar surface area (TPSA) is 84.9 Å². The molecule has 6 heteroatoms. The van der Waals surface area contributed by atoms with Gasteiger partial charge in [0.25, 0.3) is 0 Å². The number of alkyl carbamates (subject to hydrolysis) is 1. The first kappa shape index (κ1) is 17.3. The Balaban J connectivity index is 1.99. The minimum absolute atomic E-state index is 0.120. The zero-order chi connectivity index (χ0) is 17.4. The second-order valence-corrected chi connectivity index (χ2v) is 5.13. The Morgan fingerprint density at radius 3 is 2.33 bits per heavy atom. The molecule has 0 aliphatic heterocycles.